The molecule has 0 saturated carbocycles. The number of fused-ring (bicyclic) bond motifs is 2. The predicted molar refractivity (Wildman–Crippen MR) is 100.0 cm³/mol. The van der Waals surface area contributed by atoms with Gasteiger partial charge in [-0.15, -0.1) is 0 Å². The molecule has 3 aromatic carbocycles. The lowest BCUT2D eigenvalue weighted by atomic mass is 10.1. The fraction of sp³-hybridized carbons (Fsp3) is 0.0952. The lowest BCUT2D eigenvalue weighted by Gasteiger charge is -2.17. The number of hydrogen-bond acceptors (Lipinski definition) is 3. The average molecular weight is 331 g/mol. The number of anilines is 1. The molecule has 0 aliphatic carbocycles. The van der Waals surface area contributed by atoms with Gasteiger partial charge in [-0.1, -0.05) is 36.4 Å². The molecule has 1 amide bonds. The van der Waals surface area contributed by atoms with Crippen LogP contribution < -0.4 is 14.8 Å². The smallest absolute Gasteiger partial charge is 0.262 e. The number of carbonyl (C=O) groups excluding carboxylic acids is 1. The van der Waals surface area contributed by atoms with Gasteiger partial charge in [-0.3, -0.25) is 4.79 Å². The highest BCUT2D eigenvalue weighted by Gasteiger charge is 2.15. The maximum atomic E-state index is 11.4. The van der Waals surface area contributed by atoms with Crippen molar-refractivity contribution in [3.8, 4) is 11.5 Å². The minimum Gasteiger partial charge on any atom is -0.497 e. The molecule has 4 heteroatoms. The Morgan fingerprint density at radius 2 is 1.68 bits per heavy atom. The largest absolute Gasteiger partial charge is 0.497 e. The molecule has 0 saturated heterocycles. The van der Waals surface area contributed by atoms with Gasteiger partial charge >= 0.3 is 0 Å². The molecule has 25 heavy (non-hydrogen) atoms. The normalized spacial score (nSPS) is 13.4. The molecule has 124 valence electrons. The third-order valence-corrected chi connectivity index (χ3v) is 4.18. The summed E-state index contributed by atoms with van der Waals surface area (Å²) in [5.74, 6) is 1.43. The second kappa shape index (κ2) is 6.32. The van der Waals surface area contributed by atoms with Crippen molar-refractivity contribution in [1.29, 1.82) is 0 Å². The number of nitrogens with one attached hydrogen (secondary N) is 1. The van der Waals surface area contributed by atoms with E-state index in [9.17, 15) is 4.79 Å². The Morgan fingerprint density at radius 1 is 0.960 bits per heavy atom. The summed E-state index contributed by atoms with van der Waals surface area (Å²) >= 11 is 0. The molecule has 0 unspecified atom stereocenters. The Kier molecular flexibility index (Phi) is 3.86. The Hall–Kier alpha value is -3.27. The summed E-state index contributed by atoms with van der Waals surface area (Å²) in [6.07, 6.45) is 4.07. The molecule has 0 radical (unpaired) electrons. The standard InChI is InChI=1S/C21H17NO3/c1-24-18-8-7-16-10-14(4-6-17(16)12-18)2-3-15-5-9-20-19(11-15)22-21(23)13-25-20/h2-12H,13H2,1H3,(H,22,23)/b3-2+. The van der Waals surface area contributed by atoms with Crippen LogP contribution in [-0.4, -0.2) is 19.6 Å². The summed E-state index contributed by atoms with van der Waals surface area (Å²) in [5.41, 5.74) is 2.82. The van der Waals surface area contributed by atoms with Crippen molar-refractivity contribution in [3.63, 3.8) is 0 Å². The third kappa shape index (κ3) is 3.19. The van der Waals surface area contributed by atoms with Crippen LogP contribution in [0.1, 0.15) is 11.1 Å². The van der Waals surface area contributed by atoms with Gasteiger partial charge in [0.2, 0.25) is 0 Å². The van der Waals surface area contributed by atoms with Crippen LogP contribution in [0.4, 0.5) is 5.69 Å². The van der Waals surface area contributed by atoms with Crippen LogP contribution in [0.3, 0.4) is 0 Å². The van der Waals surface area contributed by atoms with Crippen molar-refractivity contribution in [3.05, 3.63) is 65.7 Å². The van der Waals surface area contributed by atoms with E-state index in [1.165, 1.54) is 0 Å². The van der Waals surface area contributed by atoms with Crippen LogP contribution in [0.25, 0.3) is 22.9 Å². The zero-order chi connectivity index (χ0) is 17.2. The van der Waals surface area contributed by atoms with E-state index in [4.69, 9.17) is 9.47 Å². The molecule has 1 aliphatic heterocycles. The number of methoxy groups -OCH3 is 1. The van der Waals surface area contributed by atoms with Crippen LogP contribution in [0.5, 0.6) is 11.5 Å². The van der Waals surface area contributed by atoms with E-state index in [1.807, 2.05) is 36.4 Å². The Morgan fingerprint density at radius 3 is 2.52 bits per heavy atom. The van der Waals surface area contributed by atoms with E-state index >= 15 is 0 Å². The van der Waals surface area contributed by atoms with Gasteiger partial charge in [-0.05, 0) is 52.2 Å². The molecule has 3 aromatic rings. The van der Waals surface area contributed by atoms with E-state index in [0.717, 1.165) is 27.6 Å². The zero-order valence-electron chi connectivity index (χ0n) is 13.8. The van der Waals surface area contributed by atoms with Gasteiger partial charge in [0.15, 0.2) is 6.61 Å². The molecular formula is C21H17NO3. The summed E-state index contributed by atoms with van der Waals surface area (Å²) < 4.78 is 10.6. The molecule has 0 bridgehead atoms. The Bertz CT molecular complexity index is 992. The van der Waals surface area contributed by atoms with E-state index in [-0.39, 0.29) is 12.5 Å². The van der Waals surface area contributed by atoms with E-state index in [1.54, 1.807) is 7.11 Å². The van der Waals surface area contributed by atoms with Crippen LogP contribution in [0, 0.1) is 0 Å². The number of ether oxygens (including phenoxy) is 2. The summed E-state index contributed by atoms with van der Waals surface area (Å²) in [7, 11) is 1.67. The summed E-state index contributed by atoms with van der Waals surface area (Å²) in [6.45, 7) is 0.0735. The average Bonchev–Trinajstić information content (AvgIpc) is 2.65. The van der Waals surface area contributed by atoms with Gasteiger partial charge in [0.25, 0.3) is 5.91 Å². The number of hydrogen-bond donors (Lipinski definition) is 1. The van der Waals surface area contributed by atoms with E-state index < -0.39 is 0 Å². The number of carbonyl (C=O) groups is 1. The highest BCUT2D eigenvalue weighted by molar-refractivity contribution is 5.96. The molecule has 1 N–H and O–H groups in total. The molecule has 4 nitrogen and oxygen atoms in total. The minimum absolute atomic E-state index is 0.0735. The molecular weight excluding hydrogens is 314 g/mol. The van der Waals surface area contributed by atoms with Crippen LogP contribution >= 0.6 is 0 Å². The topological polar surface area (TPSA) is 47.6 Å². The predicted octanol–water partition coefficient (Wildman–Crippen LogP) is 4.35. The first-order valence-corrected chi connectivity index (χ1v) is 8.04. The summed E-state index contributed by atoms with van der Waals surface area (Å²) in [4.78, 5) is 11.4. The zero-order valence-corrected chi connectivity index (χ0v) is 13.8. The fourth-order valence-corrected chi connectivity index (χ4v) is 2.87. The molecule has 0 aromatic heterocycles. The second-order valence-electron chi connectivity index (χ2n) is 5.90. The molecule has 1 heterocycles. The highest BCUT2D eigenvalue weighted by Crippen LogP contribution is 2.29. The van der Waals surface area contributed by atoms with Gasteiger partial charge in [0.05, 0.1) is 12.8 Å². The fourth-order valence-electron chi connectivity index (χ4n) is 2.87. The maximum absolute atomic E-state index is 11.4. The highest BCUT2D eigenvalue weighted by atomic mass is 16.5. The monoisotopic (exact) mass is 331 g/mol. The maximum Gasteiger partial charge on any atom is 0.262 e. The van der Waals surface area contributed by atoms with Crippen molar-refractivity contribution in [2.45, 2.75) is 0 Å². The number of benzene rings is 3. The lowest BCUT2D eigenvalue weighted by Crippen LogP contribution is -2.25. The number of amides is 1. The van der Waals surface area contributed by atoms with E-state index in [0.29, 0.717) is 11.4 Å². The van der Waals surface area contributed by atoms with Crippen LogP contribution in [0.15, 0.2) is 54.6 Å². The Labute approximate surface area is 145 Å². The molecule has 0 fully saturated rings. The van der Waals surface area contributed by atoms with Gasteiger partial charge in [0, 0.05) is 0 Å². The van der Waals surface area contributed by atoms with Crippen molar-refractivity contribution < 1.29 is 14.3 Å². The van der Waals surface area contributed by atoms with Gasteiger partial charge in [-0.25, -0.2) is 0 Å². The Balaban J connectivity index is 1.60. The second-order valence-corrected chi connectivity index (χ2v) is 5.90. The molecule has 4 rings (SSSR count). The minimum atomic E-state index is -0.126. The molecule has 1 aliphatic rings. The van der Waals surface area contributed by atoms with Crippen molar-refractivity contribution in [2.24, 2.45) is 0 Å². The van der Waals surface area contributed by atoms with Crippen molar-refractivity contribution >= 4 is 34.5 Å². The quantitative estimate of drug-likeness (QED) is 0.726. The number of rotatable bonds is 3. The summed E-state index contributed by atoms with van der Waals surface area (Å²) in [6, 6.07) is 18.1. The molecule has 0 atom stereocenters. The van der Waals surface area contributed by atoms with Crippen molar-refractivity contribution in [2.75, 3.05) is 19.0 Å². The van der Waals surface area contributed by atoms with Crippen LogP contribution in [0.2, 0.25) is 0 Å². The first kappa shape index (κ1) is 15.3. The molecule has 0 spiro atoms. The van der Waals surface area contributed by atoms with Gasteiger partial charge in [-0.2, -0.15) is 0 Å². The lowest BCUT2D eigenvalue weighted by molar-refractivity contribution is -0.118. The van der Waals surface area contributed by atoms with E-state index in [2.05, 4.69) is 35.7 Å². The first-order chi connectivity index (χ1) is 12.2. The first-order valence-electron chi connectivity index (χ1n) is 8.04. The van der Waals surface area contributed by atoms with Gasteiger partial charge in [0.1, 0.15) is 11.5 Å². The summed E-state index contributed by atoms with van der Waals surface area (Å²) in [5, 5.41) is 5.13. The van der Waals surface area contributed by atoms with Crippen molar-refractivity contribution in [1.82, 2.24) is 0 Å². The van der Waals surface area contributed by atoms with Gasteiger partial charge < -0.3 is 14.8 Å². The van der Waals surface area contributed by atoms with Crippen LogP contribution in [-0.2, 0) is 4.79 Å². The third-order valence-electron chi connectivity index (χ3n) is 4.18. The SMILES string of the molecule is COc1ccc2cc(/C=C/c3ccc4c(c3)NC(=O)CO4)ccc2c1.